The van der Waals surface area contributed by atoms with Gasteiger partial charge in [0.1, 0.15) is 0 Å². The first-order valence-electron chi connectivity index (χ1n) is 11.6. The van der Waals surface area contributed by atoms with Gasteiger partial charge in [-0.3, -0.25) is 14.5 Å². The van der Waals surface area contributed by atoms with E-state index in [1.807, 2.05) is 50.2 Å². The van der Waals surface area contributed by atoms with Crippen LogP contribution < -0.4 is 11.1 Å². The lowest BCUT2D eigenvalue weighted by molar-refractivity contribution is -0.130. The molecule has 1 fully saturated rings. The number of carbonyl (C=O) groups excluding carboxylic acids is 2. The van der Waals surface area contributed by atoms with Crippen molar-refractivity contribution in [2.45, 2.75) is 57.7 Å². The van der Waals surface area contributed by atoms with Gasteiger partial charge >= 0.3 is 0 Å². The van der Waals surface area contributed by atoms with Crippen LogP contribution in [-0.4, -0.2) is 28.2 Å². The maximum atomic E-state index is 13.0. The lowest BCUT2D eigenvalue weighted by Gasteiger charge is -2.43. The number of carbonyl (C=O) groups is 2. The van der Waals surface area contributed by atoms with E-state index in [9.17, 15) is 9.59 Å². The molecule has 1 aliphatic heterocycles. The number of aliphatic imine (C=N–C) groups is 1. The SMILES string of the molecule is C=Cc1cc(CN2C(=O)CC(C)(C3CCC3)N=C2N)cc(C(=O)NC(C)c2ccccc2)c1. The minimum absolute atomic E-state index is 0.0235. The highest BCUT2D eigenvalue weighted by atomic mass is 16.2. The summed E-state index contributed by atoms with van der Waals surface area (Å²) >= 11 is 0. The van der Waals surface area contributed by atoms with Crippen LogP contribution in [0.1, 0.15) is 72.6 Å². The van der Waals surface area contributed by atoms with E-state index in [0.717, 1.165) is 29.5 Å². The highest BCUT2D eigenvalue weighted by molar-refractivity contribution is 5.99. The molecule has 1 aliphatic carbocycles. The number of guanidine groups is 1. The van der Waals surface area contributed by atoms with E-state index >= 15 is 0 Å². The highest BCUT2D eigenvalue weighted by Crippen LogP contribution is 2.42. The van der Waals surface area contributed by atoms with Crippen LogP contribution in [0.5, 0.6) is 0 Å². The predicted molar refractivity (Wildman–Crippen MR) is 131 cm³/mol. The van der Waals surface area contributed by atoms with Gasteiger partial charge < -0.3 is 11.1 Å². The van der Waals surface area contributed by atoms with E-state index in [2.05, 4.69) is 11.9 Å². The van der Waals surface area contributed by atoms with Crippen LogP contribution in [0.2, 0.25) is 0 Å². The molecule has 0 aromatic heterocycles. The van der Waals surface area contributed by atoms with Crippen molar-refractivity contribution in [2.24, 2.45) is 16.6 Å². The largest absolute Gasteiger partial charge is 0.369 e. The van der Waals surface area contributed by atoms with Crippen molar-refractivity contribution < 1.29 is 9.59 Å². The molecule has 1 heterocycles. The molecule has 3 N–H and O–H groups in total. The molecule has 6 nitrogen and oxygen atoms in total. The fourth-order valence-corrected chi connectivity index (χ4v) is 4.67. The second kappa shape index (κ2) is 9.22. The van der Waals surface area contributed by atoms with Crippen LogP contribution in [-0.2, 0) is 11.3 Å². The van der Waals surface area contributed by atoms with Crippen LogP contribution in [0.15, 0.2) is 60.1 Å². The monoisotopic (exact) mass is 444 g/mol. The van der Waals surface area contributed by atoms with E-state index in [1.54, 1.807) is 18.2 Å². The molecular formula is C27H32N4O2. The summed E-state index contributed by atoms with van der Waals surface area (Å²) in [4.78, 5) is 32.3. The van der Waals surface area contributed by atoms with E-state index in [0.29, 0.717) is 17.9 Å². The molecule has 2 unspecified atom stereocenters. The van der Waals surface area contributed by atoms with E-state index in [-0.39, 0.29) is 30.4 Å². The standard InChI is InChI=1S/C27H32N4O2/c1-4-19-13-20(15-22(14-19)25(33)29-18(2)21-9-6-5-7-10-21)17-31-24(32)16-27(3,30-26(31)28)23-11-8-12-23/h4-7,9-10,13-15,18,23H,1,8,11-12,16-17H2,2-3H3,(H2,28,30)(H,29,33). The van der Waals surface area contributed by atoms with Crippen LogP contribution in [0.4, 0.5) is 0 Å². The molecule has 172 valence electrons. The Bertz CT molecular complexity index is 1090. The van der Waals surface area contributed by atoms with Gasteiger partial charge in [-0.05, 0) is 67.5 Å². The Balaban J connectivity index is 1.53. The average Bonchev–Trinajstić information content (AvgIpc) is 2.75. The maximum Gasteiger partial charge on any atom is 0.251 e. The fraction of sp³-hybridized carbons (Fsp3) is 0.370. The molecule has 2 aromatic carbocycles. The Morgan fingerprint density at radius 2 is 2.03 bits per heavy atom. The number of amides is 2. The smallest absolute Gasteiger partial charge is 0.251 e. The van der Waals surface area contributed by atoms with Crippen LogP contribution >= 0.6 is 0 Å². The van der Waals surface area contributed by atoms with Gasteiger partial charge in [-0.1, -0.05) is 49.4 Å². The van der Waals surface area contributed by atoms with E-state index in [4.69, 9.17) is 10.7 Å². The molecule has 2 aliphatic rings. The Labute approximate surface area is 195 Å². The quantitative estimate of drug-likeness (QED) is 0.662. The summed E-state index contributed by atoms with van der Waals surface area (Å²) in [6, 6.07) is 15.2. The van der Waals surface area contributed by atoms with Gasteiger partial charge in [0.15, 0.2) is 5.96 Å². The fourth-order valence-electron chi connectivity index (χ4n) is 4.67. The normalized spacial score (nSPS) is 21.7. The second-order valence-corrected chi connectivity index (χ2v) is 9.38. The number of benzene rings is 2. The predicted octanol–water partition coefficient (Wildman–Crippen LogP) is 4.43. The summed E-state index contributed by atoms with van der Waals surface area (Å²) in [5, 5.41) is 3.05. The lowest BCUT2D eigenvalue weighted by atomic mass is 9.70. The summed E-state index contributed by atoms with van der Waals surface area (Å²) in [5.74, 6) is 0.478. The number of nitrogens with one attached hydrogen (secondary N) is 1. The van der Waals surface area contributed by atoms with Crippen molar-refractivity contribution in [1.82, 2.24) is 10.2 Å². The number of nitrogens with two attached hydrogens (primary N) is 1. The van der Waals surface area contributed by atoms with Crippen molar-refractivity contribution in [3.05, 3.63) is 77.4 Å². The lowest BCUT2D eigenvalue weighted by Crippen LogP contribution is -2.53. The summed E-state index contributed by atoms with van der Waals surface area (Å²) in [6.07, 6.45) is 5.45. The molecule has 0 saturated heterocycles. The van der Waals surface area contributed by atoms with Gasteiger partial charge in [0.05, 0.1) is 24.5 Å². The molecule has 2 aromatic rings. The van der Waals surface area contributed by atoms with Gasteiger partial charge in [-0.15, -0.1) is 0 Å². The minimum Gasteiger partial charge on any atom is -0.369 e. The highest BCUT2D eigenvalue weighted by Gasteiger charge is 2.44. The van der Waals surface area contributed by atoms with Crippen LogP contribution in [0.3, 0.4) is 0 Å². The van der Waals surface area contributed by atoms with Crippen molar-refractivity contribution >= 4 is 23.8 Å². The molecule has 6 heteroatoms. The molecule has 33 heavy (non-hydrogen) atoms. The Morgan fingerprint density at radius 1 is 1.30 bits per heavy atom. The second-order valence-electron chi connectivity index (χ2n) is 9.38. The topological polar surface area (TPSA) is 87.8 Å². The van der Waals surface area contributed by atoms with E-state index in [1.165, 1.54) is 11.3 Å². The van der Waals surface area contributed by atoms with E-state index < -0.39 is 5.54 Å². The summed E-state index contributed by atoms with van der Waals surface area (Å²) in [6.45, 7) is 8.11. The van der Waals surface area contributed by atoms with Crippen molar-refractivity contribution in [3.63, 3.8) is 0 Å². The molecule has 2 atom stereocenters. The van der Waals surface area contributed by atoms with Crippen molar-refractivity contribution in [2.75, 3.05) is 0 Å². The molecule has 0 radical (unpaired) electrons. The first-order valence-corrected chi connectivity index (χ1v) is 11.6. The Hall–Kier alpha value is -3.41. The Kier molecular flexibility index (Phi) is 6.36. The Morgan fingerprint density at radius 3 is 2.64 bits per heavy atom. The third kappa shape index (κ3) is 4.85. The zero-order chi connectivity index (χ0) is 23.6. The molecular weight excluding hydrogens is 412 g/mol. The van der Waals surface area contributed by atoms with Gasteiger partial charge in [0, 0.05) is 5.56 Å². The number of hydrogen-bond donors (Lipinski definition) is 2. The van der Waals surface area contributed by atoms with Crippen molar-refractivity contribution in [3.8, 4) is 0 Å². The van der Waals surface area contributed by atoms with Gasteiger partial charge in [0.2, 0.25) is 5.91 Å². The summed E-state index contributed by atoms with van der Waals surface area (Å²) < 4.78 is 0. The maximum absolute atomic E-state index is 13.0. The van der Waals surface area contributed by atoms with Gasteiger partial charge in [0.25, 0.3) is 5.91 Å². The summed E-state index contributed by atoms with van der Waals surface area (Å²) in [5.41, 5.74) is 9.03. The third-order valence-corrected chi connectivity index (χ3v) is 6.94. The number of nitrogens with zero attached hydrogens (tertiary/aromatic N) is 2. The third-order valence-electron chi connectivity index (χ3n) is 6.94. The average molecular weight is 445 g/mol. The minimum atomic E-state index is -0.405. The molecule has 0 bridgehead atoms. The molecule has 1 saturated carbocycles. The van der Waals surface area contributed by atoms with Crippen molar-refractivity contribution in [1.29, 1.82) is 0 Å². The first kappa shape index (κ1) is 22.8. The van der Waals surface area contributed by atoms with Crippen LogP contribution in [0, 0.1) is 5.92 Å². The molecule has 0 spiro atoms. The summed E-state index contributed by atoms with van der Waals surface area (Å²) in [7, 11) is 0. The number of rotatable bonds is 7. The van der Waals surface area contributed by atoms with Gasteiger partial charge in [-0.25, -0.2) is 4.99 Å². The van der Waals surface area contributed by atoms with Gasteiger partial charge in [-0.2, -0.15) is 0 Å². The zero-order valence-corrected chi connectivity index (χ0v) is 19.4. The van der Waals surface area contributed by atoms with Crippen LogP contribution in [0.25, 0.3) is 6.08 Å². The molecule has 2 amide bonds. The zero-order valence-electron chi connectivity index (χ0n) is 19.4. The number of hydrogen-bond acceptors (Lipinski definition) is 4. The molecule has 4 rings (SSSR count). The first-order chi connectivity index (χ1) is 15.8.